The standard InChI is InChI=1S/C14H14BrClN2/c1-9-7-13(15)14(17-8-9)18-10(2)11-3-5-12(16)6-4-11/h3-8,10H,1-2H3,(H,17,18). The molecule has 0 aliphatic rings. The van der Waals surface area contributed by atoms with Crippen LogP contribution in [0.2, 0.25) is 5.02 Å². The molecule has 0 fully saturated rings. The van der Waals surface area contributed by atoms with Crippen molar-refractivity contribution in [3.63, 3.8) is 0 Å². The minimum Gasteiger partial charge on any atom is -0.363 e. The van der Waals surface area contributed by atoms with Gasteiger partial charge in [-0.25, -0.2) is 4.98 Å². The molecule has 0 saturated heterocycles. The second-order valence-corrected chi connectivity index (χ2v) is 5.55. The van der Waals surface area contributed by atoms with Gasteiger partial charge in [0.2, 0.25) is 0 Å². The summed E-state index contributed by atoms with van der Waals surface area (Å²) in [5, 5.41) is 4.12. The number of anilines is 1. The van der Waals surface area contributed by atoms with Crippen LogP contribution in [0.15, 0.2) is 41.0 Å². The second kappa shape index (κ2) is 5.72. The largest absolute Gasteiger partial charge is 0.363 e. The molecule has 2 nitrogen and oxygen atoms in total. The van der Waals surface area contributed by atoms with Gasteiger partial charge in [0.05, 0.1) is 4.47 Å². The fourth-order valence-electron chi connectivity index (χ4n) is 1.68. The first-order valence-electron chi connectivity index (χ1n) is 5.70. The van der Waals surface area contributed by atoms with Crippen LogP contribution in [0.4, 0.5) is 5.82 Å². The van der Waals surface area contributed by atoms with Crippen molar-refractivity contribution in [1.82, 2.24) is 4.98 Å². The summed E-state index contributed by atoms with van der Waals surface area (Å²) in [5.41, 5.74) is 2.31. The number of hydrogen-bond acceptors (Lipinski definition) is 2. The van der Waals surface area contributed by atoms with Gasteiger partial charge in [-0.1, -0.05) is 23.7 Å². The Morgan fingerprint density at radius 3 is 2.56 bits per heavy atom. The predicted octanol–water partition coefficient (Wildman–Crippen LogP) is 4.98. The Labute approximate surface area is 121 Å². The average molecular weight is 326 g/mol. The summed E-state index contributed by atoms with van der Waals surface area (Å²) < 4.78 is 0.975. The summed E-state index contributed by atoms with van der Waals surface area (Å²) >= 11 is 9.39. The van der Waals surface area contributed by atoms with Crippen LogP contribution >= 0.6 is 27.5 Å². The van der Waals surface area contributed by atoms with Crippen LogP contribution < -0.4 is 5.32 Å². The molecule has 0 bridgehead atoms. The van der Waals surface area contributed by atoms with E-state index >= 15 is 0 Å². The quantitative estimate of drug-likeness (QED) is 0.861. The lowest BCUT2D eigenvalue weighted by Crippen LogP contribution is -2.08. The lowest BCUT2D eigenvalue weighted by Gasteiger charge is -2.16. The third-order valence-corrected chi connectivity index (χ3v) is 3.56. The molecular formula is C14H14BrClN2. The summed E-state index contributed by atoms with van der Waals surface area (Å²) in [4.78, 5) is 4.38. The fraction of sp³-hybridized carbons (Fsp3) is 0.214. The van der Waals surface area contributed by atoms with E-state index < -0.39 is 0 Å². The molecule has 1 heterocycles. The Kier molecular flexibility index (Phi) is 4.25. The first-order chi connectivity index (χ1) is 8.56. The highest BCUT2D eigenvalue weighted by Crippen LogP contribution is 2.25. The number of nitrogens with one attached hydrogen (secondary N) is 1. The third kappa shape index (κ3) is 3.24. The Morgan fingerprint density at radius 1 is 1.28 bits per heavy atom. The molecule has 0 aliphatic carbocycles. The molecule has 1 aromatic carbocycles. The van der Waals surface area contributed by atoms with Gasteiger partial charge in [-0.15, -0.1) is 0 Å². The van der Waals surface area contributed by atoms with E-state index in [-0.39, 0.29) is 6.04 Å². The highest BCUT2D eigenvalue weighted by molar-refractivity contribution is 9.10. The maximum atomic E-state index is 5.88. The zero-order chi connectivity index (χ0) is 13.1. The fourth-order valence-corrected chi connectivity index (χ4v) is 2.38. The lowest BCUT2D eigenvalue weighted by atomic mass is 10.1. The number of aryl methyl sites for hydroxylation is 1. The van der Waals surface area contributed by atoms with Crippen LogP contribution in [0.5, 0.6) is 0 Å². The Morgan fingerprint density at radius 2 is 1.94 bits per heavy atom. The van der Waals surface area contributed by atoms with Crippen molar-refractivity contribution in [3.05, 3.63) is 57.2 Å². The Hall–Kier alpha value is -1.06. The van der Waals surface area contributed by atoms with Gasteiger partial charge in [0, 0.05) is 17.3 Å². The summed E-state index contributed by atoms with van der Waals surface area (Å²) in [6.45, 7) is 4.11. The molecule has 1 unspecified atom stereocenters. The van der Waals surface area contributed by atoms with Gasteiger partial charge in [-0.05, 0) is 59.1 Å². The van der Waals surface area contributed by atoms with Crippen molar-refractivity contribution in [2.45, 2.75) is 19.9 Å². The molecule has 2 aromatic rings. The zero-order valence-corrected chi connectivity index (χ0v) is 12.6. The number of halogens is 2. The molecule has 4 heteroatoms. The topological polar surface area (TPSA) is 24.9 Å². The van der Waals surface area contributed by atoms with Crippen molar-refractivity contribution in [2.75, 3.05) is 5.32 Å². The molecule has 0 spiro atoms. The van der Waals surface area contributed by atoms with E-state index in [0.717, 1.165) is 20.9 Å². The van der Waals surface area contributed by atoms with E-state index in [0.29, 0.717) is 0 Å². The van der Waals surface area contributed by atoms with Gasteiger partial charge in [-0.3, -0.25) is 0 Å². The molecule has 0 amide bonds. The maximum absolute atomic E-state index is 5.88. The van der Waals surface area contributed by atoms with E-state index in [1.807, 2.05) is 43.5 Å². The van der Waals surface area contributed by atoms with E-state index in [2.05, 4.69) is 33.2 Å². The average Bonchev–Trinajstić information content (AvgIpc) is 2.33. The summed E-state index contributed by atoms with van der Waals surface area (Å²) in [5.74, 6) is 0.850. The highest BCUT2D eigenvalue weighted by atomic mass is 79.9. The van der Waals surface area contributed by atoms with Gasteiger partial charge < -0.3 is 5.32 Å². The van der Waals surface area contributed by atoms with Gasteiger partial charge >= 0.3 is 0 Å². The predicted molar refractivity (Wildman–Crippen MR) is 80.2 cm³/mol. The van der Waals surface area contributed by atoms with E-state index in [4.69, 9.17) is 11.6 Å². The molecule has 1 atom stereocenters. The van der Waals surface area contributed by atoms with Gasteiger partial charge in [-0.2, -0.15) is 0 Å². The van der Waals surface area contributed by atoms with E-state index in [9.17, 15) is 0 Å². The van der Waals surface area contributed by atoms with Crippen LogP contribution in [0, 0.1) is 6.92 Å². The van der Waals surface area contributed by atoms with Gasteiger partial charge in [0.1, 0.15) is 5.82 Å². The number of aromatic nitrogens is 1. The minimum absolute atomic E-state index is 0.175. The van der Waals surface area contributed by atoms with Crippen molar-refractivity contribution in [3.8, 4) is 0 Å². The molecule has 1 N–H and O–H groups in total. The number of nitrogens with zero attached hydrogens (tertiary/aromatic N) is 1. The maximum Gasteiger partial charge on any atom is 0.140 e. The molecule has 18 heavy (non-hydrogen) atoms. The van der Waals surface area contributed by atoms with Crippen LogP contribution in [0.3, 0.4) is 0 Å². The Bertz CT molecular complexity index is 540. The SMILES string of the molecule is Cc1cnc(NC(C)c2ccc(Cl)cc2)c(Br)c1. The zero-order valence-electron chi connectivity index (χ0n) is 10.2. The number of benzene rings is 1. The molecule has 0 aliphatic heterocycles. The van der Waals surface area contributed by atoms with Crippen LogP contribution in [0.25, 0.3) is 0 Å². The lowest BCUT2D eigenvalue weighted by molar-refractivity contribution is 0.872. The molecule has 94 valence electrons. The Balaban J connectivity index is 2.15. The first kappa shape index (κ1) is 13.4. The van der Waals surface area contributed by atoms with Crippen molar-refractivity contribution >= 4 is 33.3 Å². The van der Waals surface area contributed by atoms with Crippen molar-refractivity contribution < 1.29 is 0 Å². The molecule has 2 rings (SSSR count). The summed E-state index contributed by atoms with van der Waals surface area (Å²) in [6, 6.07) is 10.0. The van der Waals surface area contributed by atoms with Crippen LogP contribution in [0.1, 0.15) is 24.1 Å². The van der Waals surface area contributed by atoms with E-state index in [1.54, 1.807) is 0 Å². The van der Waals surface area contributed by atoms with E-state index in [1.165, 1.54) is 5.56 Å². The second-order valence-electron chi connectivity index (χ2n) is 4.26. The summed E-state index contributed by atoms with van der Waals surface area (Å²) in [6.07, 6.45) is 1.85. The number of rotatable bonds is 3. The highest BCUT2D eigenvalue weighted by Gasteiger charge is 2.08. The van der Waals surface area contributed by atoms with Gasteiger partial charge in [0.25, 0.3) is 0 Å². The summed E-state index contributed by atoms with van der Waals surface area (Å²) in [7, 11) is 0. The molecular weight excluding hydrogens is 312 g/mol. The monoisotopic (exact) mass is 324 g/mol. The number of pyridine rings is 1. The first-order valence-corrected chi connectivity index (χ1v) is 6.87. The normalized spacial score (nSPS) is 12.2. The minimum atomic E-state index is 0.175. The van der Waals surface area contributed by atoms with Crippen LogP contribution in [-0.4, -0.2) is 4.98 Å². The molecule has 1 aromatic heterocycles. The van der Waals surface area contributed by atoms with Crippen LogP contribution in [-0.2, 0) is 0 Å². The molecule has 0 saturated carbocycles. The molecule has 0 radical (unpaired) electrons. The number of hydrogen-bond donors (Lipinski definition) is 1. The third-order valence-electron chi connectivity index (χ3n) is 2.70. The van der Waals surface area contributed by atoms with Gasteiger partial charge in [0.15, 0.2) is 0 Å². The smallest absolute Gasteiger partial charge is 0.140 e. The van der Waals surface area contributed by atoms with Crippen molar-refractivity contribution in [2.24, 2.45) is 0 Å². The van der Waals surface area contributed by atoms with Crippen molar-refractivity contribution in [1.29, 1.82) is 0 Å².